The number of carbonyl (C=O) groups is 2. The number of hydrogen-bond acceptors (Lipinski definition) is 3. The van der Waals surface area contributed by atoms with Crippen LogP contribution in [0, 0.1) is 0 Å². The lowest BCUT2D eigenvalue weighted by Gasteiger charge is -2.26. The van der Waals surface area contributed by atoms with Gasteiger partial charge >= 0.3 is 0 Å². The molecule has 0 rings (SSSR count). The lowest BCUT2D eigenvalue weighted by atomic mass is 9.97. The molecule has 0 radical (unpaired) electrons. The second kappa shape index (κ2) is 3.53. The molecule has 2 atom stereocenters. The number of nitrogens with two attached hydrogens (primary N) is 1. The molecule has 5 heteroatoms. The molecule has 0 spiro atoms. The average molecular weight is 174 g/mol. The van der Waals surface area contributed by atoms with Gasteiger partial charge in [0.1, 0.15) is 0 Å². The van der Waals surface area contributed by atoms with Crippen LogP contribution in [0.25, 0.3) is 0 Å². The first-order valence-corrected chi connectivity index (χ1v) is 3.58. The van der Waals surface area contributed by atoms with Gasteiger partial charge in [-0.2, -0.15) is 0 Å². The molecule has 0 fully saturated rings. The molecular formula is C7H14N2O3. The molecule has 0 aromatic rings. The minimum Gasteiger partial charge on any atom is -0.378 e. The van der Waals surface area contributed by atoms with E-state index in [2.05, 4.69) is 5.32 Å². The largest absolute Gasteiger partial charge is 0.378 e. The minimum absolute atomic E-state index is 0.316. The molecule has 0 aliphatic rings. The number of amides is 2. The number of rotatable bonds is 3. The fourth-order valence-corrected chi connectivity index (χ4v) is 0.659. The van der Waals surface area contributed by atoms with Gasteiger partial charge in [0, 0.05) is 6.92 Å². The Morgan fingerprint density at radius 1 is 1.58 bits per heavy atom. The van der Waals surface area contributed by atoms with E-state index in [4.69, 9.17) is 5.73 Å². The number of primary amides is 1. The third kappa shape index (κ3) is 2.50. The van der Waals surface area contributed by atoms with Crippen LogP contribution < -0.4 is 11.1 Å². The summed E-state index contributed by atoms with van der Waals surface area (Å²) in [6.45, 7) is 4.07. The molecule has 0 heterocycles. The Labute approximate surface area is 70.9 Å². The van der Waals surface area contributed by atoms with Gasteiger partial charge in [0.2, 0.25) is 5.91 Å². The lowest BCUT2D eigenvalue weighted by Crippen LogP contribution is -2.56. The highest BCUT2D eigenvalue weighted by Crippen LogP contribution is 2.07. The van der Waals surface area contributed by atoms with E-state index in [9.17, 15) is 14.7 Å². The number of aliphatic hydroxyl groups is 1. The van der Waals surface area contributed by atoms with Gasteiger partial charge in [0.25, 0.3) is 5.91 Å². The summed E-state index contributed by atoms with van der Waals surface area (Å²) >= 11 is 0. The zero-order valence-corrected chi connectivity index (χ0v) is 7.42. The summed E-state index contributed by atoms with van der Waals surface area (Å²) in [4.78, 5) is 21.2. The maximum Gasteiger partial charge on any atom is 0.251 e. The Morgan fingerprint density at radius 3 is 2.25 bits per heavy atom. The van der Waals surface area contributed by atoms with Crippen LogP contribution in [0.1, 0.15) is 20.8 Å². The van der Waals surface area contributed by atoms with Crippen molar-refractivity contribution in [1.29, 1.82) is 0 Å². The van der Waals surface area contributed by atoms with Gasteiger partial charge in [-0.1, -0.05) is 0 Å². The van der Waals surface area contributed by atoms with Gasteiger partial charge in [0.15, 0.2) is 5.60 Å². The monoisotopic (exact) mass is 174 g/mol. The van der Waals surface area contributed by atoms with Crippen molar-refractivity contribution in [2.45, 2.75) is 32.4 Å². The molecule has 0 saturated heterocycles. The topological polar surface area (TPSA) is 92.4 Å². The van der Waals surface area contributed by atoms with E-state index >= 15 is 0 Å². The maximum absolute atomic E-state index is 10.7. The molecule has 5 nitrogen and oxygen atoms in total. The summed E-state index contributed by atoms with van der Waals surface area (Å²) in [6.07, 6.45) is 0. The highest BCUT2D eigenvalue weighted by molar-refractivity contribution is 5.84. The van der Waals surface area contributed by atoms with Crippen LogP contribution in [0.4, 0.5) is 0 Å². The lowest BCUT2D eigenvalue weighted by molar-refractivity contribution is -0.138. The first-order chi connectivity index (χ1) is 5.28. The van der Waals surface area contributed by atoms with Crippen molar-refractivity contribution in [3.8, 4) is 0 Å². The van der Waals surface area contributed by atoms with Gasteiger partial charge in [-0.25, -0.2) is 0 Å². The summed E-state index contributed by atoms with van der Waals surface area (Å²) in [5.41, 5.74) is 3.20. The van der Waals surface area contributed by atoms with E-state index in [0.717, 1.165) is 0 Å². The van der Waals surface area contributed by atoms with Crippen molar-refractivity contribution >= 4 is 11.8 Å². The van der Waals surface area contributed by atoms with Crippen LogP contribution in [0.15, 0.2) is 0 Å². The molecule has 0 aromatic heterocycles. The third-order valence-electron chi connectivity index (χ3n) is 1.76. The Kier molecular flexibility index (Phi) is 3.21. The predicted octanol–water partition coefficient (Wildman–Crippen LogP) is -1.25. The van der Waals surface area contributed by atoms with Crippen LogP contribution in [0.2, 0.25) is 0 Å². The number of nitrogens with one attached hydrogen (secondary N) is 1. The highest BCUT2D eigenvalue weighted by Gasteiger charge is 2.34. The van der Waals surface area contributed by atoms with Crippen LogP contribution in [0.3, 0.4) is 0 Å². The maximum atomic E-state index is 10.7. The SMILES string of the molecule is CC(=O)N[C@H](C)[C@@](C)(O)C(N)=O. The van der Waals surface area contributed by atoms with Crippen molar-refractivity contribution < 1.29 is 14.7 Å². The molecule has 2 amide bonds. The van der Waals surface area contributed by atoms with Crippen LogP contribution >= 0.6 is 0 Å². The Hall–Kier alpha value is -1.10. The van der Waals surface area contributed by atoms with Crippen LogP contribution in [-0.2, 0) is 9.59 Å². The van der Waals surface area contributed by atoms with E-state index in [1.165, 1.54) is 20.8 Å². The summed E-state index contributed by atoms with van der Waals surface area (Å²) in [6, 6.07) is -0.688. The van der Waals surface area contributed by atoms with E-state index in [1.807, 2.05) is 0 Å². The fourth-order valence-electron chi connectivity index (χ4n) is 0.659. The average Bonchev–Trinajstić information content (AvgIpc) is 1.85. The molecular weight excluding hydrogens is 160 g/mol. The Bertz CT molecular complexity index is 201. The molecule has 4 N–H and O–H groups in total. The molecule has 0 unspecified atom stereocenters. The van der Waals surface area contributed by atoms with Crippen molar-refractivity contribution in [1.82, 2.24) is 5.32 Å². The fraction of sp³-hybridized carbons (Fsp3) is 0.714. The molecule has 0 aliphatic carbocycles. The minimum atomic E-state index is -1.70. The zero-order chi connectivity index (χ0) is 9.94. The van der Waals surface area contributed by atoms with Gasteiger partial charge < -0.3 is 16.2 Å². The summed E-state index contributed by atoms with van der Waals surface area (Å²) < 4.78 is 0. The summed E-state index contributed by atoms with van der Waals surface area (Å²) in [7, 11) is 0. The van der Waals surface area contributed by atoms with Gasteiger partial charge in [0.05, 0.1) is 6.04 Å². The standard InChI is InChI=1S/C7H14N2O3/c1-4(9-5(2)10)7(3,12)6(8)11/h4,12H,1-3H3,(H2,8,11)(H,9,10)/t4-,7-/m1/s1. The highest BCUT2D eigenvalue weighted by atomic mass is 16.3. The smallest absolute Gasteiger partial charge is 0.251 e. The predicted molar refractivity (Wildman–Crippen MR) is 43.1 cm³/mol. The van der Waals surface area contributed by atoms with E-state index in [0.29, 0.717) is 0 Å². The Morgan fingerprint density at radius 2 is 2.00 bits per heavy atom. The number of hydrogen-bond donors (Lipinski definition) is 3. The second-order valence-electron chi connectivity index (χ2n) is 2.93. The molecule has 0 saturated carbocycles. The number of carbonyl (C=O) groups excluding carboxylic acids is 2. The van der Waals surface area contributed by atoms with Gasteiger partial charge in [-0.15, -0.1) is 0 Å². The quantitative estimate of drug-likeness (QED) is 0.499. The van der Waals surface area contributed by atoms with Crippen molar-refractivity contribution in [3.63, 3.8) is 0 Å². The van der Waals surface area contributed by atoms with Crippen LogP contribution in [0.5, 0.6) is 0 Å². The van der Waals surface area contributed by atoms with Crippen molar-refractivity contribution in [2.24, 2.45) is 5.73 Å². The molecule has 0 aliphatic heterocycles. The summed E-state index contributed by atoms with van der Waals surface area (Å²) in [5.74, 6) is -1.17. The molecule has 0 bridgehead atoms. The molecule has 0 aromatic carbocycles. The molecule has 12 heavy (non-hydrogen) atoms. The van der Waals surface area contributed by atoms with Gasteiger partial charge in [-0.3, -0.25) is 9.59 Å². The Balaban J connectivity index is 4.35. The second-order valence-corrected chi connectivity index (χ2v) is 2.93. The van der Waals surface area contributed by atoms with Crippen molar-refractivity contribution in [2.75, 3.05) is 0 Å². The first-order valence-electron chi connectivity index (χ1n) is 3.58. The normalized spacial score (nSPS) is 17.7. The molecule has 70 valence electrons. The van der Waals surface area contributed by atoms with E-state index in [1.54, 1.807) is 0 Å². The van der Waals surface area contributed by atoms with Crippen LogP contribution in [-0.4, -0.2) is 28.6 Å². The van der Waals surface area contributed by atoms with E-state index in [-0.39, 0.29) is 5.91 Å². The first kappa shape index (κ1) is 10.9. The van der Waals surface area contributed by atoms with E-state index < -0.39 is 17.6 Å². The van der Waals surface area contributed by atoms with Gasteiger partial charge in [-0.05, 0) is 13.8 Å². The summed E-state index contributed by atoms with van der Waals surface area (Å²) in [5, 5.41) is 11.8. The third-order valence-corrected chi connectivity index (χ3v) is 1.76. The zero-order valence-electron chi connectivity index (χ0n) is 7.42. The van der Waals surface area contributed by atoms with Crippen molar-refractivity contribution in [3.05, 3.63) is 0 Å².